The molecule has 0 radical (unpaired) electrons. The van der Waals surface area contributed by atoms with E-state index in [2.05, 4.69) is 16.2 Å². The molecule has 1 rings (SSSR count). The fourth-order valence-electron chi connectivity index (χ4n) is 1.27. The highest BCUT2D eigenvalue weighted by Gasteiger charge is 2.11. The maximum absolute atomic E-state index is 11.6. The molecule has 0 heterocycles. The van der Waals surface area contributed by atoms with Gasteiger partial charge in [-0.25, -0.2) is 0 Å². The molecule has 0 unspecified atom stereocenters. The minimum absolute atomic E-state index is 0.192. The van der Waals surface area contributed by atoms with E-state index in [1.54, 1.807) is 12.1 Å². The molecule has 0 saturated carbocycles. The molecule has 3 N–H and O–H groups in total. The summed E-state index contributed by atoms with van der Waals surface area (Å²) in [5, 5.41) is 4.15. The van der Waals surface area contributed by atoms with Crippen LogP contribution < -0.4 is 20.9 Å². The third-order valence-electron chi connectivity index (χ3n) is 2.06. The molecule has 0 aliphatic carbocycles. The Morgan fingerprint density at radius 3 is 2.52 bits per heavy atom. The zero-order valence-electron chi connectivity index (χ0n) is 11.9. The summed E-state index contributed by atoms with van der Waals surface area (Å²) in [6.07, 6.45) is 0. The molecular weight excluding hydrogens is 333 g/mol. The summed E-state index contributed by atoms with van der Waals surface area (Å²) in [6.45, 7) is 5.66. The first-order valence-electron chi connectivity index (χ1n) is 6.12. The van der Waals surface area contributed by atoms with Crippen LogP contribution in [0, 0.1) is 0 Å². The number of carbonyl (C=O) groups is 1. The van der Waals surface area contributed by atoms with Gasteiger partial charge in [0.1, 0.15) is 5.75 Å². The SMILES string of the molecule is CC(C)(C)NC(=S)NNC(=O)COc1ccc(Cl)cc1Cl. The van der Waals surface area contributed by atoms with E-state index in [-0.39, 0.29) is 18.1 Å². The molecule has 0 fully saturated rings. The largest absolute Gasteiger partial charge is 0.482 e. The van der Waals surface area contributed by atoms with Crippen LogP contribution in [0.15, 0.2) is 18.2 Å². The topological polar surface area (TPSA) is 62.4 Å². The lowest BCUT2D eigenvalue weighted by Crippen LogP contribution is -2.52. The summed E-state index contributed by atoms with van der Waals surface area (Å²) >= 11 is 16.7. The van der Waals surface area contributed by atoms with Crippen LogP contribution >= 0.6 is 35.4 Å². The number of hydrogen-bond donors (Lipinski definition) is 3. The maximum atomic E-state index is 11.6. The maximum Gasteiger partial charge on any atom is 0.276 e. The molecule has 116 valence electrons. The number of thiocarbonyl (C=S) groups is 1. The average molecular weight is 350 g/mol. The molecule has 1 aromatic rings. The number of hydrazine groups is 1. The Hall–Kier alpha value is -1.24. The summed E-state index contributed by atoms with van der Waals surface area (Å²) in [6, 6.07) is 4.76. The number of benzene rings is 1. The van der Waals surface area contributed by atoms with E-state index >= 15 is 0 Å². The molecule has 0 atom stereocenters. The minimum atomic E-state index is -0.390. The first kappa shape index (κ1) is 17.8. The molecule has 0 aliphatic rings. The van der Waals surface area contributed by atoms with Crippen molar-refractivity contribution in [2.75, 3.05) is 6.61 Å². The quantitative estimate of drug-likeness (QED) is 0.578. The van der Waals surface area contributed by atoms with Gasteiger partial charge in [0.2, 0.25) is 0 Å². The Bertz CT molecular complexity index is 533. The molecule has 21 heavy (non-hydrogen) atoms. The first-order valence-corrected chi connectivity index (χ1v) is 7.28. The summed E-state index contributed by atoms with van der Waals surface area (Å²) in [5.74, 6) is -0.00862. The number of carbonyl (C=O) groups excluding carboxylic acids is 1. The lowest BCUT2D eigenvalue weighted by Gasteiger charge is -2.23. The third-order valence-corrected chi connectivity index (χ3v) is 2.79. The number of halogens is 2. The van der Waals surface area contributed by atoms with Gasteiger partial charge in [0.25, 0.3) is 5.91 Å². The Morgan fingerprint density at radius 2 is 1.95 bits per heavy atom. The molecule has 8 heteroatoms. The molecule has 5 nitrogen and oxygen atoms in total. The van der Waals surface area contributed by atoms with Crippen LogP contribution in [0.3, 0.4) is 0 Å². The van der Waals surface area contributed by atoms with Gasteiger partial charge in [0.05, 0.1) is 5.02 Å². The van der Waals surface area contributed by atoms with Crippen molar-refractivity contribution in [1.82, 2.24) is 16.2 Å². The minimum Gasteiger partial charge on any atom is -0.482 e. The van der Waals surface area contributed by atoms with Crippen molar-refractivity contribution >= 4 is 46.4 Å². The number of rotatable bonds is 3. The highest BCUT2D eigenvalue weighted by Crippen LogP contribution is 2.27. The number of hydrogen-bond acceptors (Lipinski definition) is 3. The van der Waals surface area contributed by atoms with Crippen LogP contribution in [-0.4, -0.2) is 23.2 Å². The van der Waals surface area contributed by atoms with Crippen molar-refractivity contribution in [2.45, 2.75) is 26.3 Å². The van der Waals surface area contributed by atoms with Crippen LogP contribution in [0.25, 0.3) is 0 Å². The van der Waals surface area contributed by atoms with Crippen molar-refractivity contribution in [3.63, 3.8) is 0 Å². The second kappa shape index (κ2) is 7.68. The van der Waals surface area contributed by atoms with Gasteiger partial charge < -0.3 is 10.1 Å². The second-order valence-electron chi connectivity index (χ2n) is 5.24. The summed E-state index contributed by atoms with van der Waals surface area (Å²) in [4.78, 5) is 11.6. The van der Waals surface area contributed by atoms with E-state index < -0.39 is 0 Å². The Morgan fingerprint density at radius 1 is 1.29 bits per heavy atom. The van der Waals surface area contributed by atoms with Gasteiger partial charge in [-0.3, -0.25) is 15.6 Å². The van der Waals surface area contributed by atoms with Crippen molar-refractivity contribution in [3.8, 4) is 5.75 Å². The van der Waals surface area contributed by atoms with Crippen LogP contribution in [0.4, 0.5) is 0 Å². The summed E-state index contributed by atoms with van der Waals surface area (Å²) in [7, 11) is 0. The predicted octanol–water partition coefficient (Wildman–Crippen LogP) is 2.67. The zero-order chi connectivity index (χ0) is 16.0. The van der Waals surface area contributed by atoms with E-state index in [1.807, 2.05) is 20.8 Å². The number of ether oxygens (including phenoxy) is 1. The van der Waals surface area contributed by atoms with Crippen LogP contribution in [0.5, 0.6) is 5.75 Å². The lowest BCUT2D eigenvalue weighted by molar-refractivity contribution is -0.123. The first-order chi connectivity index (χ1) is 9.67. The summed E-state index contributed by atoms with van der Waals surface area (Å²) in [5.41, 5.74) is 4.81. The Kier molecular flexibility index (Phi) is 6.51. The molecule has 1 amide bonds. The molecule has 0 spiro atoms. The average Bonchev–Trinajstić information content (AvgIpc) is 2.33. The monoisotopic (exact) mass is 349 g/mol. The molecule has 1 aromatic carbocycles. The third kappa shape index (κ3) is 7.36. The second-order valence-corrected chi connectivity index (χ2v) is 6.49. The Balaban J connectivity index is 2.36. The lowest BCUT2D eigenvalue weighted by atomic mass is 10.1. The van der Waals surface area contributed by atoms with Gasteiger partial charge in [-0.1, -0.05) is 23.2 Å². The van der Waals surface area contributed by atoms with Crippen molar-refractivity contribution < 1.29 is 9.53 Å². The zero-order valence-corrected chi connectivity index (χ0v) is 14.2. The van der Waals surface area contributed by atoms with E-state index in [0.29, 0.717) is 20.9 Å². The molecule has 0 aromatic heterocycles. The van der Waals surface area contributed by atoms with Crippen LogP contribution in [-0.2, 0) is 4.79 Å². The summed E-state index contributed by atoms with van der Waals surface area (Å²) < 4.78 is 5.28. The Labute approximate surface area is 139 Å². The van der Waals surface area contributed by atoms with Crippen molar-refractivity contribution in [2.24, 2.45) is 0 Å². The van der Waals surface area contributed by atoms with Gasteiger partial charge in [-0.15, -0.1) is 0 Å². The van der Waals surface area contributed by atoms with Gasteiger partial charge in [0.15, 0.2) is 11.7 Å². The van der Waals surface area contributed by atoms with E-state index in [9.17, 15) is 4.79 Å². The number of amides is 1. The number of nitrogens with one attached hydrogen (secondary N) is 3. The van der Waals surface area contributed by atoms with E-state index in [0.717, 1.165) is 0 Å². The van der Waals surface area contributed by atoms with Gasteiger partial charge in [-0.05, 0) is 51.2 Å². The fourth-order valence-corrected chi connectivity index (χ4v) is 2.09. The normalized spacial score (nSPS) is 10.7. The highest BCUT2D eigenvalue weighted by atomic mass is 35.5. The fraction of sp³-hybridized carbons (Fsp3) is 0.385. The standard InChI is InChI=1S/C13H17Cl2N3O2S/c1-13(2,3)16-12(21)18-17-11(19)7-20-10-5-4-8(14)6-9(10)15/h4-6H,7H2,1-3H3,(H,17,19)(H2,16,18,21). The van der Waals surface area contributed by atoms with Crippen LogP contribution in [0.2, 0.25) is 10.0 Å². The highest BCUT2D eigenvalue weighted by molar-refractivity contribution is 7.80. The van der Waals surface area contributed by atoms with Gasteiger partial charge in [-0.2, -0.15) is 0 Å². The molecule has 0 saturated heterocycles. The smallest absolute Gasteiger partial charge is 0.276 e. The van der Waals surface area contributed by atoms with Crippen LogP contribution in [0.1, 0.15) is 20.8 Å². The predicted molar refractivity (Wildman–Crippen MR) is 88.7 cm³/mol. The van der Waals surface area contributed by atoms with E-state index in [1.165, 1.54) is 6.07 Å². The van der Waals surface area contributed by atoms with Crippen molar-refractivity contribution in [1.29, 1.82) is 0 Å². The van der Waals surface area contributed by atoms with Gasteiger partial charge in [0, 0.05) is 10.6 Å². The molecular formula is C13H17Cl2N3O2S. The molecule has 0 aliphatic heterocycles. The van der Waals surface area contributed by atoms with Gasteiger partial charge >= 0.3 is 0 Å². The molecule has 0 bridgehead atoms. The van der Waals surface area contributed by atoms with Crippen molar-refractivity contribution in [3.05, 3.63) is 28.2 Å². The van der Waals surface area contributed by atoms with E-state index in [4.69, 9.17) is 40.2 Å².